The van der Waals surface area contributed by atoms with Crippen LogP contribution in [0.25, 0.3) is 17.2 Å². The molecule has 0 radical (unpaired) electrons. The molecular formula is C24H25F3N4O2. The maximum atomic E-state index is 12.6. The molecule has 1 aliphatic heterocycles. The Bertz CT molecular complexity index is 1150. The van der Waals surface area contributed by atoms with Crippen LogP contribution >= 0.6 is 0 Å². The van der Waals surface area contributed by atoms with Gasteiger partial charge in [-0.15, -0.1) is 0 Å². The van der Waals surface area contributed by atoms with Crippen molar-refractivity contribution in [3.8, 4) is 0 Å². The Morgan fingerprint density at radius 1 is 1.18 bits per heavy atom. The molecule has 1 N–H and O–H groups in total. The van der Waals surface area contributed by atoms with Crippen molar-refractivity contribution in [3.63, 3.8) is 0 Å². The van der Waals surface area contributed by atoms with Gasteiger partial charge in [0.25, 0.3) is 6.01 Å². The van der Waals surface area contributed by atoms with Crippen molar-refractivity contribution in [2.75, 3.05) is 37.4 Å². The summed E-state index contributed by atoms with van der Waals surface area (Å²) in [4.78, 5) is 21.2. The first kappa shape index (κ1) is 22.8. The zero-order valence-corrected chi connectivity index (χ0v) is 18.4. The fourth-order valence-electron chi connectivity index (χ4n) is 3.82. The molecule has 0 aliphatic carbocycles. The van der Waals surface area contributed by atoms with E-state index in [0.717, 1.165) is 38.1 Å². The highest BCUT2D eigenvalue weighted by Crippen LogP contribution is 2.29. The van der Waals surface area contributed by atoms with Gasteiger partial charge in [-0.1, -0.05) is 12.1 Å². The molecule has 2 heterocycles. The Labute approximate surface area is 189 Å². The molecule has 9 heteroatoms. The van der Waals surface area contributed by atoms with E-state index in [1.165, 1.54) is 24.3 Å². The van der Waals surface area contributed by atoms with Crippen LogP contribution in [-0.2, 0) is 11.0 Å². The lowest BCUT2D eigenvalue weighted by molar-refractivity contribution is -0.137. The number of anilines is 2. The molecule has 6 nitrogen and oxygen atoms in total. The van der Waals surface area contributed by atoms with Crippen LogP contribution in [0.1, 0.15) is 24.0 Å². The average Bonchev–Trinajstić information content (AvgIpc) is 3.21. The molecule has 2 aromatic carbocycles. The number of benzene rings is 2. The van der Waals surface area contributed by atoms with Gasteiger partial charge in [-0.2, -0.15) is 18.2 Å². The van der Waals surface area contributed by atoms with E-state index in [1.54, 1.807) is 18.2 Å². The first-order valence-electron chi connectivity index (χ1n) is 10.7. The number of fused-ring (bicyclic) bond motifs is 1. The second-order valence-electron chi connectivity index (χ2n) is 8.27. The van der Waals surface area contributed by atoms with Crippen molar-refractivity contribution in [1.29, 1.82) is 0 Å². The van der Waals surface area contributed by atoms with E-state index in [2.05, 4.69) is 27.1 Å². The SMILES string of the molecule is CN1CCC(N(C)c2nc3cc(NC(=O)C=Cc4ccc(C(F)(F)F)cc4)ccc3o2)CC1. The summed E-state index contributed by atoms with van der Waals surface area (Å²) in [5.41, 5.74) is 1.57. The van der Waals surface area contributed by atoms with Crippen molar-refractivity contribution in [2.24, 2.45) is 0 Å². The van der Waals surface area contributed by atoms with Gasteiger partial charge in [0.1, 0.15) is 5.52 Å². The van der Waals surface area contributed by atoms with Crippen LogP contribution in [0, 0.1) is 0 Å². The topological polar surface area (TPSA) is 61.6 Å². The molecule has 1 aliphatic rings. The van der Waals surface area contributed by atoms with Gasteiger partial charge in [0.15, 0.2) is 5.58 Å². The number of rotatable bonds is 5. The Kier molecular flexibility index (Phi) is 6.42. The average molecular weight is 458 g/mol. The number of hydrogen-bond donors (Lipinski definition) is 1. The number of carbonyl (C=O) groups excluding carboxylic acids is 1. The highest BCUT2D eigenvalue weighted by atomic mass is 19.4. The maximum Gasteiger partial charge on any atom is 0.416 e. The Morgan fingerprint density at radius 2 is 1.88 bits per heavy atom. The molecule has 1 fully saturated rings. The van der Waals surface area contributed by atoms with Crippen molar-refractivity contribution in [2.45, 2.75) is 25.1 Å². The molecule has 174 valence electrons. The van der Waals surface area contributed by atoms with Crippen molar-refractivity contribution < 1.29 is 22.4 Å². The quantitative estimate of drug-likeness (QED) is 0.544. The summed E-state index contributed by atoms with van der Waals surface area (Å²) in [7, 11) is 4.10. The zero-order chi connectivity index (χ0) is 23.6. The first-order valence-corrected chi connectivity index (χ1v) is 10.7. The van der Waals surface area contributed by atoms with Gasteiger partial charge >= 0.3 is 6.18 Å². The van der Waals surface area contributed by atoms with E-state index in [4.69, 9.17) is 4.42 Å². The molecule has 0 atom stereocenters. The van der Waals surface area contributed by atoms with Crippen LogP contribution in [0.3, 0.4) is 0 Å². The number of likely N-dealkylation sites (tertiary alicyclic amines) is 1. The molecule has 0 spiro atoms. The number of aromatic nitrogens is 1. The number of alkyl halides is 3. The number of carbonyl (C=O) groups is 1. The molecule has 0 bridgehead atoms. The number of oxazole rings is 1. The van der Waals surface area contributed by atoms with Crippen molar-refractivity contribution >= 4 is 34.8 Å². The van der Waals surface area contributed by atoms with Crippen molar-refractivity contribution in [3.05, 3.63) is 59.7 Å². The predicted molar refractivity (Wildman–Crippen MR) is 122 cm³/mol. The molecule has 33 heavy (non-hydrogen) atoms. The van der Waals surface area contributed by atoms with Gasteiger partial charge in [-0.05, 0) is 75.0 Å². The minimum Gasteiger partial charge on any atom is -0.423 e. The van der Waals surface area contributed by atoms with Gasteiger partial charge in [-0.25, -0.2) is 0 Å². The van der Waals surface area contributed by atoms with Gasteiger partial charge in [0.2, 0.25) is 5.91 Å². The molecule has 1 saturated heterocycles. The summed E-state index contributed by atoms with van der Waals surface area (Å²) < 4.78 is 43.8. The van der Waals surface area contributed by atoms with Crippen molar-refractivity contribution in [1.82, 2.24) is 9.88 Å². The number of amides is 1. The van der Waals surface area contributed by atoms with E-state index in [9.17, 15) is 18.0 Å². The molecule has 1 amide bonds. The van der Waals surface area contributed by atoms with E-state index >= 15 is 0 Å². The highest BCUT2D eigenvalue weighted by Gasteiger charge is 2.29. The fourth-order valence-corrected chi connectivity index (χ4v) is 3.82. The number of halogens is 3. The number of hydrogen-bond acceptors (Lipinski definition) is 5. The standard InChI is InChI=1S/C24H25F3N4O2/c1-30-13-11-19(12-14-30)31(2)23-29-20-15-18(8-9-21(20)33-23)28-22(32)10-5-16-3-6-17(7-4-16)24(25,26)27/h3-10,15,19H,11-14H2,1-2H3,(H,28,32). The van der Waals surface area contributed by atoms with Crippen LogP contribution in [-0.4, -0.2) is 49.0 Å². The third-order valence-electron chi connectivity index (χ3n) is 5.85. The first-order chi connectivity index (χ1) is 15.7. The zero-order valence-electron chi connectivity index (χ0n) is 18.4. The van der Waals surface area contributed by atoms with Gasteiger partial charge in [-0.3, -0.25) is 4.79 Å². The predicted octanol–water partition coefficient (Wildman–Crippen LogP) is 5.03. The summed E-state index contributed by atoms with van der Waals surface area (Å²) in [6.07, 6.45) is 0.422. The Balaban J connectivity index is 1.40. The minimum absolute atomic E-state index is 0.365. The molecule has 1 aromatic heterocycles. The lowest BCUT2D eigenvalue weighted by Crippen LogP contribution is -2.42. The highest BCUT2D eigenvalue weighted by molar-refractivity contribution is 6.02. The smallest absolute Gasteiger partial charge is 0.416 e. The van der Waals surface area contributed by atoms with Gasteiger partial charge in [0.05, 0.1) is 5.56 Å². The molecule has 0 unspecified atom stereocenters. The Morgan fingerprint density at radius 3 is 2.55 bits per heavy atom. The molecule has 4 rings (SSSR count). The Hall–Kier alpha value is -3.33. The summed E-state index contributed by atoms with van der Waals surface area (Å²) in [6, 6.07) is 10.7. The largest absolute Gasteiger partial charge is 0.423 e. The van der Waals surface area contributed by atoms with E-state index < -0.39 is 17.6 Å². The number of nitrogens with one attached hydrogen (secondary N) is 1. The lowest BCUT2D eigenvalue weighted by Gasteiger charge is -2.34. The van der Waals surface area contributed by atoms with Crippen LogP contribution in [0.2, 0.25) is 0 Å². The maximum absolute atomic E-state index is 12.6. The van der Waals surface area contributed by atoms with E-state index in [-0.39, 0.29) is 0 Å². The monoisotopic (exact) mass is 458 g/mol. The minimum atomic E-state index is -4.39. The normalized spacial score (nSPS) is 15.9. The number of piperidine rings is 1. The van der Waals surface area contributed by atoms with Crippen LogP contribution in [0.5, 0.6) is 0 Å². The summed E-state index contributed by atoms with van der Waals surface area (Å²) in [5, 5.41) is 2.74. The van der Waals surface area contributed by atoms with Crippen LogP contribution in [0.4, 0.5) is 24.9 Å². The van der Waals surface area contributed by atoms with Crippen LogP contribution < -0.4 is 10.2 Å². The second-order valence-corrected chi connectivity index (χ2v) is 8.27. The number of nitrogens with zero attached hydrogens (tertiary/aromatic N) is 3. The van der Waals surface area contributed by atoms with E-state index in [1.807, 2.05) is 7.05 Å². The summed E-state index contributed by atoms with van der Waals surface area (Å²) >= 11 is 0. The molecule has 3 aromatic rings. The summed E-state index contributed by atoms with van der Waals surface area (Å²) in [5.74, 6) is -0.401. The third-order valence-corrected chi connectivity index (χ3v) is 5.85. The van der Waals surface area contributed by atoms with E-state index in [0.29, 0.717) is 34.4 Å². The van der Waals surface area contributed by atoms with Gasteiger partial charge in [0, 0.05) is 24.9 Å². The second kappa shape index (κ2) is 9.27. The fraction of sp³-hybridized carbons (Fsp3) is 0.333. The third kappa shape index (κ3) is 5.54. The molecular weight excluding hydrogens is 433 g/mol. The van der Waals surface area contributed by atoms with Crippen LogP contribution in [0.15, 0.2) is 53.0 Å². The molecule has 0 saturated carbocycles. The van der Waals surface area contributed by atoms with Gasteiger partial charge < -0.3 is 19.5 Å². The summed E-state index contributed by atoms with van der Waals surface area (Å²) in [6.45, 7) is 2.07. The lowest BCUT2D eigenvalue weighted by atomic mass is 10.0.